The number of piperidine rings is 1. The van der Waals surface area contributed by atoms with Crippen LogP contribution < -0.4 is 10.2 Å². The van der Waals surface area contributed by atoms with Crippen molar-refractivity contribution >= 4 is 34.2 Å². The number of benzene rings is 1. The molecule has 3 rings (SSSR count). The SMILES string of the molecule is O=C(Cn1cc(I)nn1)NCCC1CCN(c2ccc(F)cc2)CC1. The molecule has 1 aromatic carbocycles. The van der Waals surface area contributed by atoms with Crippen LogP contribution in [0.5, 0.6) is 0 Å². The normalized spacial score (nSPS) is 15.4. The van der Waals surface area contributed by atoms with Gasteiger partial charge in [0.15, 0.2) is 0 Å². The highest BCUT2D eigenvalue weighted by Crippen LogP contribution is 2.25. The standard InChI is InChI=1S/C17H21FIN5O/c18-14-1-3-15(4-2-14)23-9-6-13(7-10-23)5-8-20-17(25)12-24-11-16(19)21-22-24/h1-4,11,13H,5-10,12H2,(H,20,25). The molecule has 0 atom stereocenters. The maximum absolute atomic E-state index is 13.0. The molecule has 1 fully saturated rings. The van der Waals surface area contributed by atoms with E-state index in [0.717, 1.165) is 41.7 Å². The number of hydrogen-bond donors (Lipinski definition) is 1. The van der Waals surface area contributed by atoms with Crippen LogP contribution in [-0.2, 0) is 11.3 Å². The van der Waals surface area contributed by atoms with Crippen molar-refractivity contribution in [1.82, 2.24) is 20.3 Å². The zero-order chi connectivity index (χ0) is 17.6. The van der Waals surface area contributed by atoms with E-state index in [1.165, 1.54) is 16.8 Å². The average Bonchev–Trinajstić information content (AvgIpc) is 3.01. The molecule has 0 unspecified atom stereocenters. The fourth-order valence-corrected chi connectivity index (χ4v) is 3.52. The van der Waals surface area contributed by atoms with Crippen molar-refractivity contribution in [2.45, 2.75) is 25.8 Å². The fourth-order valence-electron chi connectivity index (χ4n) is 3.10. The van der Waals surface area contributed by atoms with E-state index in [1.807, 2.05) is 12.1 Å². The minimum Gasteiger partial charge on any atom is -0.372 e. The Kier molecular flexibility index (Phi) is 6.22. The van der Waals surface area contributed by atoms with E-state index in [2.05, 4.69) is 43.1 Å². The maximum atomic E-state index is 13.0. The van der Waals surface area contributed by atoms with E-state index in [4.69, 9.17) is 0 Å². The molecule has 1 amide bonds. The van der Waals surface area contributed by atoms with E-state index in [0.29, 0.717) is 12.5 Å². The molecule has 1 aliphatic heterocycles. The lowest BCUT2D eigenvalue weighted by molar-refractivity contribution is -0.121. The Bertz CT molecular complexity index is 697. The van der Waals surface area contributed by atoms with Crippen LogP contribution in [0, 0.1) is 15.4 Å². The third-order valence-corrected chi connectivity index (χ3v) is 4.99. The van der Waals surface area contributed by atoms with E-state index in [9.17, 15) is 9.18 Å². The summed E-state index contributed by atoms with van der Waals surface area (Å²) in [6.45, 7) is 2.84. The number of anilines is 1. The van der Waals surface area contributed by atoms with E-state index in [1.54, 1.807) is 6.20 Å². The van der Waals surface area contributed by atoms with E-state index >= 15 is 0 Å². The molecule has 1 N–H and O–H groups in total. The van der Waals surface area contributed by atoms with Crippen LogP contribution in [0.1, 0.15) is 19.3 Å². The zero-order valence-corrected chi connectivity index (χ0v) is 16.0. The highest BCUT2D eigenvalue weighted by molar-refractivity contribution is 14.1. The van der Waals surface area contributed by atoms with Gasteiger partial charge in [0.05, 0.1) is 6.20 Å². The van der Waals surface area contributed by atoms with Crippen LogP contribution >= 0.6 is 22.6 Å². The highest BCUT2D eigenvalue weighted by atomic mass is 127. The van der Waals surface area contributed by atoms with Gasteiger partial charge in [-0.25, -0.2) is 9.07 Å². The summed E-state index contributed by atoms with van der Waals surface area (Å²) < 4.78 is 15.3. The summed E-state index contributed by atoms with van der Waals surface area (Å²) in [5, 5.41) is 10.7. The summed E-state index contributed by atoms with van der Waals surface area (Å²) in [5.41, 5.74) is 1.08. The summed E-state index contributed by atoms with van der Waals surface area (Å²) >= 11 is 2.06. The molecule has 8 heteroatoms. The third-order valence-electron chi connectivity index (χ3n) is 4.50. The van der Waals surface area contributed by atoms with Crippen LogP contribution in [0.15, 0.2) is 30.5 Å². The van der Waals surface area contributed by atoms with E-state index < -0.39 is 0 Å². The second kappa shape index (κ2) is 8.59. The molecule has 2 aromatic rings. The monoisotopic (exact) mass is 457 g/mol. The molecule has 0 radical (unpaired) electrons. The quantitative estimate of drug-likeness (QED) is 0.678. The number of carbonyl (C=O) groups is 1. The molecule has 0 saturated carbocycles. The summed E-state index contributed by atoms with van der Waals surface area (Å²) in [7, 11) is 0. The average molecular weight is 457 g/mol. The number of aromatic nitrogens is 3. The summed E-state index contributed by atoms with van der Waals surface area (Å²) in [4.78, 5) is 14.2. The maximum Gasteiger partial charge on any atom is 0.241 e. The zero-order valence-electron chi connectivity index (χ0n) is 13.9. The smallest absolute Gasteiger partial charge is 0.241 e. The number of nitrogens with zero attached hydrogens (tertiary/aromatic N) is 4. The number of halogens is 2. The lowest BCUT2D eigenvalue weighted by atomic mass is 9.93. The number of nitrogens with one attached hydrogen (secondary N) is 1. The minimum atomic E-state index is -0.199. The lowest BCUT2D eigenvalue weighted by Crippen LogP contribution is -2.35. The van der Waals surface area contributed by atoms with Gasteiger partial charge in [0.1, 0.15) is 16.1 Å². The highest BCUT2D eigenvalue weighted by Gasteiger charge is 2.19. The number of amides is 1. The molecule has 1 aromatic heterocycles. The molecular weight excluding hydrogens is 436 g/mol. The van der Waals surface area contributed by atoms with Gasteiger partial charge in [-0.05, 0) is 72.0 Å². The Balaban J connectivity index is 1.35. The number of carbonyl (C=O) groups excluding carboxylic acids is 1. The molecule has 6 nitrogen and oxygen atoms in total. The Morgan fingerprint density at radius 1 is 1.28 bits per heavy atom. The van der Waals surface area contributed by atoms with Crippen LogP contribution in [0.3, 0.4) is 0 Å². The van der Waals surface area contributed by atoms with Crippen molar-refractivity contribution in [3.63, 3.8) is 0 Å². The van der Waals surface area contributed by atoms with Gasteiger partial charge in [0.25, 0.3) is 0 Å². The third kappa shape index (κ3) is 5.38. The van der Waals surface area contributed by atoms with Crippen LogP contribution in [-0.4, -0.2) is 40.5 Å². The van der Waals surface area contributed by atoms with Gasteiger partial charge in [0, 0.05) is 25.3 Å². The predicted octanol–water partition coefficient (Wildman–Crippen LogP) is 2.44. The van der Waals surface area contributed by atoms with Gasteiger partial charge in [-0.3, -0.25) is 4.79 Å². The molecule has 0 spiro atoms. The summed E-state index contributed by atoms with van der Waals surface area (Å²) in [6.07, 6.45) is 4.91. The number of rotatable bonds is 6. The van der Waals surface area contributed by atoms with Gasteiger partial charge >= 0.3 is 0 Å². The summed E-state index contributed by atoms with van der Waals surface area (Å²) in [6, 6.07) is 6.68. The van der Waals surface area contributed by atoms with Crippen LogP contribution in [0.25, 0.3) is 0 Å². The van der Waals surface area contributed by atoms with Gasteiger partial charge in [-0.2, -0.15) is 0 Å². The van der Waals surface area contributed by atoms with Crippen LogP contribution in [0.4, 0.5) is 10.1 Å². The fraction of sp³-hybridized carbons (Fsp3) is 0.471. The first kappa shape index (κ1) is 18.1. The molecule has 1 aliphatic rings. The first-order valence-corrected chi connectivity index (χ1v) is 9.51. The van der Waals surface area contributed by atoms with Crippen molar-refractivity contribution in [2.75, 3.05) is 24.5 Å². The largest absolute Gasteiger partial charge is 0.372 e. The molecule has 25 heavy (non-hydrogen) atoms. The van der Waals surface area contributed by atoms with Gasteiger partial charge in [0.2, 0.25) is 5.91 Å². The van der Waals surface area contributed by atoms with Crippen molar-refractivity contribution in [1.29, 1.82) is 0 Å². The Labute approximate surface area is 159 Å². The lowest BCUT2D eigenvalue weighted by Gasteiger charge is -2.33. The Hall–Kier alpha value is -1.71. The number of hydrogen-bond acceptors (Lipinski definition) is 4. The second-order valence-corrected chi connectivity index (χ2v) is 7.39. The first-order valence-electron chi connectivity index (χ1n) is 8.43. The van der Waals surface area contributed by atoms with Crippen molar-refractivity contribution in [2.24, 2.45) is 5.92 Å². The Morgan fingerprint density at radius 2 is 2.00 bits per heavy atom. The topological polar surface area (TPSA) is 63.1 Å². The summed E-state index contributed by atoms with van der Waals surface area (Å²) in [5.74, 6) is 0.379. The molecule has 0 bridgehead atoms. The van der Waals surface area contributed by atoms with Crippen molar-refractivity contribution in [3.8, 4) is 0 Å². The van der Waals surface area contributed by atoms with Gasteiger partial charge in [-0.1, -0.05) is 5.21 Å². The predicted molar refractivity (Wildman–Crippen MR) is 102 cm³/mol. The van der Waals surface area contributed by atoms with E-state index in [-0.39, 0.29) is 18.3 Å². The second-order valence-electron chi connectivity index (χ2n) is 6.28. The molecule has 1 saturated heterocycles. The van der Waals surface area contributed by atoms with Crippen molar-refractivity contribution in [3.05, 3.63) is 40.0 Å². The minimum absolute atomic E-state index is 0.0370. The molecule has 2 heterocycles. The Morgan fingerprint density at radius 3 is 2.64 bits per heavy atom. The van der Waals surface area contributed by atoms with Gasteiger partial charge in [-0.15, -0.1) is 5.10 Å². The van der Waals surface area contributed by atoms with Crippen molar-refractivity contribution < 1.29 is 9.18 Å². The first-order chi connectivity index (χ1) is 12.1. The van der Waals surface area contributed by atoms with Gasteiger partial charge < -0.3 is 10.2 Å². The molecule has 134 valence electrons. The molecular formula is C17H21FIN5O. The van der Waals surface area contributed by atoms with Crippen LogP contribution in [0.2, 0.25) is 0 Å². The molecule has 0 aliphatic carbocycles.